The summed E-state index contributed by atoms with van der Waals surface area (Å²) >= 11 is 0. The summed E-state index contributed by atoms with van der Waals surface area (Å²) in [6.07, 6.45) is 4.88. The van der Waals surface area contributed by atoms with E-state index in [4.69, 9.17) is 5.73 Å². The van der Waals surface area contributed by atoms with Crippen LogP contribution in [0, 0.1) is 11.8 Å². The highest BCUT2D eigenvalue weighted by molar-refractivity contribution is 5.83. The molecule has 0 radical (unpaired) electrons. The lowest BCUT2D eigenvalue weighted by atomic mass is 10.0. The molecule has 1 aromatic carbocycles. The van der Waals surface area contributed by atoms with E-state index in [0.29, 0.717) is 11.9 Å². The number of nitrogens with two attached hydrogens (primary N) is 1. The van der Waals surface area contributed by atoms with Crippen LogP contribution in [0.4, 0.5) is 5.82 Å². The molecule has 0 saturated carbocycles. The van der Waals surface area contributed by atoms with Gasteiger partial charge in [-0.25, -0.2) is 4.98 Å². The van der Waals surface area contributed by atoms with E-state index >= 15 is 0 Å². The highest BCUT2D eigenvalue weighted by Crippen LogP contribution is 2.19. The van der Waals surface area contributed by atoms with Crippen LogP contribution in [0.5, 0.6) is 0 Å². The molecule has 1 saturated heterocycles. The van der Waals surface area contributed by atoms with E-state index in [0.717, 1.165) is 38.2 Å². The molecule has 1 aliphatic rings. The summed E-state index contributed by atoms with van der Waals surface area (Å²) in [5, 5.41) is 4.96. The number of aromatic nitrogens is 2. The maximum atomic E-state index is 5.60. The summed E-state index contributed by atoms with van der Waals surface area (Å²) in [6, 6.07) is 12.6. The van der Waals surface area contributed by atoms with Crippen molar-refractivity contribution in [1.82, 2.24) is 20.2 Å². The van der Waals surface area contributed by atoms with Gasteiger partial charge in [0.25, 0.3) is 0 Å². The summed E-state index contributed by atoms with van der Waals surface area (Å²) in [4.78, 5) is 9.85. The number of pyridine rings is 1. The van der Waals surface area contributed by atoms with Crippen molar-refractivity contribution in [2.24, 2.45) is 0 Å². The third-order valence-electron chi connectivity index (χ3n) is 4.80. The number of rotatable bonds is 3. The van der Waals surface area contributed by atoms with Crippen LogP contribution in [-0.2, 0) is 6.42 Å². The summed E-state index contributed by atoms with van der Waals surface area (Å²) in [5.74, 6) is 6.96. The second kappa shape index (κ2) is 7.61. The molecule has 5 nitrogen and oxygen atoms in total. The Balaban J connectivity index is 1.36. The number of piperazine rings is 1. The smallest absolute Gasteiger partial charge is 0.123 e. The number of fused-ring (bicyclic) bond motifs is 1. The number of nitrogens with zero attached hydrogens (tertiary/aromatic N) is 2. The van der Waals surface area contributed by atoms with Crippen molar-refractivity contribution >= 4 is 16.7 Å². The molecule has 1 aliphatic heterocycles. The number of nitrogens with one attached hydrogen (secondary N) is 2. The van der Waals surface area contributed by atoms with Gasteiger partial charge in [-0.2, -0.15) is 0 Å². The number of nitrogen functional groups attached to an aromatic ring is 1. The highest BCUT2D eigenvalue weighted by Gasteiger charge is 2.19. The second-order valence-corrected chi connectivity index (χ2v) is 6.72. The molecule has 132 valence electrons. The normalized spacial score (nSPS) is 17.8. The zero-order valence-corrected chi connectivity index (χ0v) is 14.7. The van der Waals surface area contributed by atoms with Gasteiger partial charge in [0.2, 0.25) is 0 Å². The lowest BCUT2D eigenvalue weighted by Gasteiger charge is -2.32. The molecular formula is C21H23N5. The van der Waals surface area contributed by atoms with Gasteiger partial charge in [-0.05, 0) is 30.2 Å². The standard InChI is InChI=1S/C21H23N5/c22-21-8-7-16(13-25-21)4-3-10-26-11-9-23-18(15-26)12-17-14-24-20-6-2-1-5-19(17)20/h1-2,5-8,13-14,18,23-24H,9-12,15H2,(H2,22,25). The van der Waals surface area contributed by atoms with E-state index in [1.165, 1.54) is 16.5 Å². The lowest BCUT2D eigenvalue weighted by molar-refractivity contribution is 0.220. The Morgan fingerprint density at radius 3 is 3.04 bits per heavy atom. The van der Waals surface area contributed by atoms with Crippen LogP contribution in [0.3, 0.4) is 0 Å². The van der Waals surface area contributed by atoms with Gasteiger partial charge in [-0.15, -0.1) is 0 Å². The van der Waals surface area contributed by atoms with Crippen LogP contribution in [0.1, 0.15) is 11.1 Å². The zero-order valence-electron chi connectivity index (χ0n) is 14.7. The molecule has 0 bridgehead atoms. The van der Waals surface area contributed by atoms with Gasteiger partial charge in [-0.1, -0.05) is 30.0 Å². The van der Waals surface area contributed by atoms with Crippen molar-refractivity contribution in [3.63, 3.8) is 0 Å². The predicted molar refractivity (Wildman–Crippen MR) is 106 cm³/mol. The quantitative estimate of drug-likeness (QED) is 0.635. The number of H-pyrrole nitrogens is 1. The molecule has 3 heterocycles. The van der Waals surface area contributed by atoms with Crippen LogP contribution in [-0.4, -0.2) is 47.1 Å². The molecule has 4 N–H and O–H groups in total. The van der Waals surface area contributed by atoms with E-state index in [9.17, 15) is 0 Å². The molecule has 0 amide bonds. The van der Waals surface area contributed by atoms with Crippen LogP contribution in [0.15, 0.2) is 48.8 Å². The Morgan fingerprint density at radius 2 is 2.15 bits per heavy atom. The molecule has 1 atom stereocenters. The van der Waals surface area contributed by atoms with Crippen molar-refractivity contribution in [2.75, 3.05) is 31.9 Å². The minimum Gasteiger partial charge on any atom is -0.384 e. The average molecular weight is 345 g/mol. The molecule has 0 aliphatic carbocycles. The van der Waals surface area contributed by atoms with Crippen LogP contribution in [0.25, 0.3) is 10.9 Å². The molecule has 4 rings (SSSR count). The molecule has 26 heavy (non-hydrogen) atoms. The summed E-state index contributed by atoms with van der Waals surface area (Å²) < 4.78 is 0. The van der Waals surface area contributed by atoms with Crippen LogP contribution in [0.2, 0.25) is 0 Å². The van der Waals surface area contributed by atoms with Crippen molar-refractivity contribution in [2.45, 2.75) is 12.5 Å². The highest BCUT2D eigenvalue weighted by atomic mass is 15.2. The topological polar surface area (TPSA) is 70.0 Å². The monoisotopic (exact) mass is 345 g/mol. The molecule has 2 aromatic heterocycles. The third kappa shape index (κ3) is 3.88. The molecule has 3 aromatic rings. The Bertz CT molecular complexity index is 932. The molecule has 0 spiro atoms. The van der Waals surface area contributed by atoms with E-state index < -0.39 is 0 Å². The van der Waals surface area contributed by atoms with Crippen molar-refractivity contribution < 1.29 is 0 Å². The first kappa shape index (κ1) is 16.6. The first-order valence-corrected chi connectivity index (χ1v) is 8.99. The molecule has 1 unspecified atom stereocenters. The summed E-state index contributed by atoms with van der Waals surface area (Å²) in [6.45, 7) is 3.81. The van der Waals surface area contributed by atoms with Gasteiger partial charge in [0.1, 0.15) is 5.82 Å². The number of hydrogen-bond acceptors (Lipinski definition) is 4. The number of benzene rings is 1. The number of aromatic amines is 1. The third-order valence-corrected chi connectivity index (χ3v) is 4.80. The van der Waals surface area contributed by atoms with Crippen molar-refractivity contribution in [3.8, 4) is 11.8 Å². The summed E-state index contributed by atoms with van der Waals surface area (Å²) in [7, 11) is 0. The largest absolute Gasteiger partial charge is 0.384 e. The Labute approximate surface area is 153 Å². The first-order chi connectivity index (χ1) is 12.8. The van der Waals surface area contributed by atoms with Crippen LogP contribution < -0.4 is 11.1 Å². The van der Waals surface area contributed by atoms with Gasteiger partial charge < -0.3 is 16.0 Å². The van der Waals surface area contributed by atoms with Crippen molar-refractivity contribution in [3.05, 3.63) is 59.9 Å². The Hall–Kier alpha value is -2.81. The predicted octanol–water partition coefficient (Wildman–Crippen LogP) is 2.01. The molecular weight excluding hydrogens is 322 g/mol. The van der Waals surface area contributed by atoms with Gasteiger partial charge in [0.05, 0.1) is 6.54 Å². The number of para-hydroxylation sites is 1. The van der Waals surface area contributed by atoms with E-state index in [2.05, 4.69) is 62.5 Å². The zero-order chi connectivity index (χ0) is 17.8. The lowest BCUT2D eigenvalue weighted by Crippen LogP contribution is -2.51. The maximum absolute atomic E-state index is 5.60. The van der Waals surface area contributed by atoms with E-state index in [-0.39, 0.29) is 0 Å². The van der Waals surface area contributed by atoms with E-state index in [1.54, 1.807) is 12.3 Å². The average Bonchev–Trinajstić information content (AvgIpc) is 3.07. The van der Waals surface area contributed by atoms with Crippen LogP contribution >= 0.6 is 0 Å². The van der Waals surface area contributed by atoms with Gasteiger partial charge >= 0.3 is 0 Å². The summed E-state index contributed by atoms with van der Waals surface area (Å²) in [5.41, 5.74) is 9.09. The Morgan fingerprint density at radius 1 is 1.23 bits per heavy atom. The van der Waals surface area contributed by atoms with Gasteiger partial charge in [0.15, 0.2) is 0 Å². The van der Waals surface area contributed by atoms with Gasteiger partial charge in [0, 0.05) is 54.5 Å². The minimum atomic E-state index is 0.447. The minimum absolute atomic E-state index is 0.447. The molecule has 5 heteroatoms. The maximum Gasteiger partial charge on any atom is 0.123 e. The molecule has 1 fully saturated rings. The van der Waals surface area contributed by atoms with E-state index in [1.807, 2.05) is 6.07 Å². The second-order valence-electron chi connectivity index (χ2n) is 6.72. The fraction of sp³-hybridized carbons (Fsp3) is 0.286. The van der Waals surface area contributed by atoms with Gasteiger partial charge in [-0.3, -0.25) is 4.90 Å². The Kier molecular flexibility index (Phi) is 4.87. The fourth-order valence-corrected chi connectivity index (χ4v) is 3.47. The SMILES string of the molecule is Nc1ccc(C#CCN2CCNC(Cc3c[nH]c4ccccc34)C2)cn1. The fourth-order valence-electron chi connectivity index (χ4n) is 3.47. The first-order valence-electron chi connectivity index (χ1n) is 8.99. The number of anilines is 1. The number of hydrogen-bond donors (Lipinski definition) is 3. The van der Waals surface area contributed by atoms with Crippen molar-refractivity contribution in [1.29, 1.82) is 0 Å².